The van der Waals surface area contributed by atoms with Crippen molar-refractivity contribution < 1.29 is 4.74 Å². The Bertz CT molecular complexity index is 790. The van der Waals surface area contributed by atoms with Crippen LogP contribution in [0.4, 0.5) is 5.95 Å². The Morgan fingerprint density at radius 3 is 2.71 bits per heavy atom. The first-order valence-corrected chi connectivity index (χ1v) is 7.60. The maximum absolute atomic E-state index is 5.94. The normalized spacial score (nSPS) is 11.8. The second kappa shape index (κ2) is 5.00. The molecule has 0 aliphatic rings. The molecule has 2 heterocycles. The lowest BCUT2D eigenvalue weighted by atomic mass is 9.87. The van der Waals surface area contributed by atoms with E-state index in [1.807, 2.05) is 29.6 Å². The molecule has 4 nitrogen and oxygen atoms in total. The molecular weight excluding hydrogens is 282 g/mol. The number of fused-ring (bicyclic) bond motifs is 1. The quantitative estimate of drug-likeness (QED) is 0.763. The van der Waals surface area contributed by atoms with Crippen LogP contribution in [0.5, 0.6) is 11.6 Å². The summed E-state index contributed by atoms with van der Waals surface area (Å²) in [5.74, 6) is 1.49. The van der Waals surface area contributed by atoms with Crippen molar-refractivity contribution in [1.29, 1.82) is 0 Å². The zero-order valence-corrected chi connectivity index (χ0v) is 13.1. The summed E-state index contributed by atoms with van der Waals surface area (Å²) in [6.07, 6.45) is 0. The van der Waals surface area contributed by atoms with E-state index in [2.05, 4.69) is 36.8 Å². The number of benzene rings is 1. The molecule has 0 aliphatic carbocycles. The van der Waals surface area contributed by atoms with E-state index in [9.17, 15) is 0 Å². The number of rotatable bonds is 2. The van der Waals surface area contributed by atoms with E-state index in [4.69, 9.17) is 10.5 Å². The topological polar surface area (TPSA) is 61.0 Å². The zero-order chi connectivity index (χ0) is 15.0. The number of ether oxygens (including phenoxy) is 1. The molecule has 1 aromatic carbocycles. The van der Waals surface area contributed by atoms with Crippen molar-refractivity contribution in [2.24, 2.45) is 0 Å². The number of hydrogen-bond donors (Lipinski definition) is 1. The highest BCUT2D eigenvalue weighted by atomic mass is 32.1. The largest absolute Gasteiger partial charge is 0.438 e. The first-order chi connectivity index (χ1) is 9.93. The highest BCUT2D eigenvalue weighted by Gasteiger charge is 2.15. The van der Waals surface area contributed by atoms with Crippen LogP contribution in [0.25, 0.3) is 10.2 Å². The fraction of sp³-hybridized carbons (Fsp3) is 0.250. The average Bonchev–Trinajstić information content (AvgIpc) is 2.86. The van der Waals surface area contributed by atoms with Crippen LogP contribution in [0.1, 0.15) is 26.3 Å². The molecule has 0 atom stereocenters. The van der Waals surface area contributed by atoms with E-state index >= 15 is 0 Å². The number of aromatic nitrogens is 2. The predicted octanol–water partition coefficient (Wildman–Crippen LogP) is 4.36. The van der Waals surface area contributed by atoms with Crippen LogP contribution in [0.15, 0.2) is 35.7 Å². The maximum atomic E-state index is 5.94. The molecule has 3 aromatic rings. The van der Waals surface area contributed by atoms with Crippen LogP contribution < -0.4 is 10.5 Å². The van der Waals surface area contributed by atoms with Gasteiger partial charge in [-0.1, -0.05) is 32.9 Å². The van der Waals surface area contributed by atoms with Crippen molar-refractivity contribution in [2.75, 3.05) is 5.73 Å². The molecule has 0 bridgehead atoms. The van der Waals surface area contributed by atoms with E-state index < -0.39 is 0 Å². The number of thiophene rings is 1. The average molecular weight is 299 g/mol. The molecule has 0 aliphatic heterocycles. The van der Waals surface area contributed by atoms with Crippen LogP contribution in [-0.2, 0) is 5.41 Å². The molecule has 0 saturated carbocycles. The summed E-state index contributed by atoms with van der Waals surface area (Å²) in [7, 11) is 0. The van der Waals surface area contributed by atoms with E-state index in [1.165, 1.54) is 16.9 Å². The molecular formula is C16H17N3OS. The Morgan fingerprint density at radius 1 is 1.14 bits per heavy atom. The molecule has 0 saturated heterocycles. The van der Waals surface area contributed by atoms with Gasteiger partial charge in [-0.15, -0.1) is 11.3 Å². The molecule has 2 aromatic heterocycles. The summed E-state index contributed by atoms with van der Waals surface area (Å²) >= 11 is 1.52. The molecule has 108 valence electrons. The van der Waals surface area contributed by atoms with Gasteiger partial charge in [0.05, 0.1) is 5.39 Å². The Balaban J connectivity index is 2.01. The monoisotopic (exact) mass is 299 g/mol. The second-order valence-corrected chi connectivity index (χ2v) is 6.80. The Hall–Kier alpha value is -2.14. The Morgan fingerprint density at radius 2 is 1.95 bits per heavy atom. The third-order valence-corrected chi connectivity index (χ3v) is 4.03. The summed E-state index contributed by atoms with van der Waals surface area (Å²) in [6.45, 7) is 6.52. The van der Waals surface area contributed by atoms with Gasteiger partial charge in [0.1, 0.15) is 10.6 Å². The number of nitrogens with two attached hydrogens (primary N) is 1. The van der Waals surface area contributed by atoms with Gasteiger partial charge >= 0.3 is 0 Å². The van der Waals surface area contributed by atoms with E-state index in [-0.39, 0.29) is 11.4 Å². The zero-order valence-electron chi connectivity index (χ0n) is 12.3. The van der Waals surface area contributed by atoms with Gasteiger partial charge in [-0.2, -0.15) is 4.98 Å². The Labute approximate surface area is 127 Å². The molecule has 0 radical (unpaired) electrons. The van der Waals surface area contributed by atoms with Gasteiger partial charge < -0.3 is 10.5 Å². The second-order valence-electron chi connectivity index (χ2n) is 5.91. The van der Waals surface area contributed by atoms with Gasteiger partial charge in [-0.05, 0) is 34.6 Å². The number of nitrogens with zero attached hydrogens (tertiary/aromatic N) is 2. The lowest BCUT2D eigenvalue weighted by Gasteiger charge is -2.19. The summed E-state index contributed by atoms with van der Waals surface area (Å²) < 4.78 is 5.94. The smallest absolute Gasteiger partial charge is 0.232 e. The van der Waals surface area contributed by atoms with Gasteiger partial charge in [-0.25, -0.2) is 4.98 Å². The van der Waals surface area contributed by atoms with E-state index in [0.717, 1.165) is 16.0 Å². The minimum atomic E-state index is 0.0712. The number of hydrogen-bond acceptors (Lipinski definition) is 5. The minimum Gasteiger partial charge on any atom is -0.438 e. The fourth-order valence-corrected chi connectivity index (χ4v) is 2.82. The van der Waals surface area contributed by atoms with Crippen LogP contribution in [0, 0.1) is 0 Å². The van der Waals surface area contributed by atoms with E-state index in [1.54, 1.807) is 0 Å². The molecule has 0 spiro atoms. The van der Waals surface area contributed by atoms with Crippen LogP contribution >= 0.6 is 11.3 Å². The van der Waals surface area contributed by atoms with Crippen LogP contribution in [0.2, 0.25) is 0 Å². The SMILES string of the molecule is CC(C)(C)c1cccc(Oc2nc(N)nc3sccc23)c1. The molecule has 2 N–H and O–H groups in total. The Kier molecular flexibility index (Phi) is 3.29. The minimum absolute atomic E-state index is 0.0712. The first-order valence-electron chi connectivity index (χ1n) is 6.72. The van der Waals surface area contributed by atoms with E-state index in [0.29, 0.717) is 5.88 Å². The molecule has 5 heteroatoms. The third-order valence-electron chi connectivity index (χ3n) is 3.22. The highest BCUT2D eigenvalue weighted by molar-refractivity contribution is 7.16. The van der Waals surface area contributed by atoms with Crippen molar-refractivity contribution in [3.05, 3.63) is 41.3 Å². The van der Waals surface area contributed by atoms with Crippen molar-refractivity contribution in [1.82, 2.24) is 9.97 Å². The van der Waals surface area contributed by atoms with Gasteiger partial charge in [0, 0.05) is 0 Å². The summed E-state index contributed by atoms with van der Waals surface area (Å²) in [5, 5.41) is 2.84. The van der Waals surface area contributed by atoms with Crippen molar-refractivity contribution in [2.45, 2.75) is 26.2 Å². The number of anilines is 1. The molecule has 21 heavy (non-hydrogen) atoms. The molecule has 0 amide bonds. The third kappa shape index (κ3) is 2.83. The summed E-state index contributed by atoms with van der Waals surface area (Å²) in [5.41, 5.74) is 7.02. The summed E-state index contributed by atoms with van der Waals surface area (Å²) in [4.78, 5) is 9.25. The number of nitrogen functional groups attached to an aromatic ring is 1. The lowest BCUT2D eigenvalue weighted by molar-refractivity contribution is 0.466. The van der Waals surface area contributed by atoms with Crippen LogP contribution in [0.3, 0.4) is 0 Å². The van der Waals surface area contributed by atoms with Gasteiger partial charge in [-0.3, -0.25) is 0 Å². The predicted molar refractivity (Wildman–Crippen MR) is 87.0 cm³/mol. The van der Waals surface area contributed by atoms with Gasteiger partial charge in [0.2, 0.25) is 11.8 Å². The molecule has 0 unspecified atom stereocenters. The highest BCUT2D eigenvalue weighted by Crippen LogP contribution is 2.32. The van der Waals surface area contributed by atoms with Crippen molar-refractivity contribution in [3.63, 3.8) is 0 Å². The van der Waals surface area contributed by atoms with Crippen molar-refractivity contribution in [3.8, 4) is 11.6 Å². The lowest BCUT2D eigenvalue weighted by Crippen LogP contribution is -2.10. The maximum Gasteiger partial charge on any atom is 0.232 e. The van der Waals surface area contributed by atoms with Gasteiger partial charge in [0.15, 0.2) is 0 Å². The first kappa shape index (κ1) is 13.8. The van der Waals surface area contributed by atoms with Crippen LogP contribution in [-0.4, -0.2) is 9.97 Å². The molecule has 3 rings (SSSR count). The fourth-order valence-electron chi connectivity index (χ4n) is 2.06. The van der Waals surface area contributed by atoms with Crippen molar-refractivity contribution >= 4 is 27.5 Å². The van der Waals surface area contributed by atoms with Gasteiger partial charge in [0.25, 0.3) is 0 Å². The molecule has 0 fully saturated rings. The summed E-state index contributed by atoms with van der Waals surface area (Å²) in [6, 6.07) is 10.00. The standard InChI is InChI=1S/C16H17N3OS/c1-16(2,3)10-5-4-6-11(9-10)20-13-12-7-8-21-14(12)19-15(17)18-13/h4-9H,1-3H3,(H2,17,18,19).